The number of nitrogen functional groups attached to an aromatic ring is 1. The van der Waals surface area contributed by atoms with Gasteiger partial charge >= 0.3 is 5.97 Å². The van der Waals surface area contributed by atoms with Crippen LogP contribution >= 0.6 is 0 Å². The second kappa shape index (κ2) is 6.09. The molecule has 0 amide bonds. The molecule has 0 bridgehead atoms. The van der Waals surface area contributed by atoms with Crippen LogP contribution in [0.25, 0.3) is 0 Å². The summed E-state index contributed by atoms with van der Waals surface area (Å²) in [6, 6.07) is 1.58. The number of nitrogens with two attached hydrogens (primary N) is 1. The molecule has 2 rings (SSSR count). The number of rotatable bonds is 6. The molecule has 1 aliphatic carbocycles. The molecule has 6 heteroatoms. The number of esters is 1. The number of hydrogen-bond donors (Lipinski definition) is 2. The number of methoxy groups -OCH3 is 1. The van der Waals surface area contributed by atoms with Gasteiger partial charge in [-0.3, -0.25) is 0 Å². The lowest BCUT2D eigenvalue weighted by molar-refractivity contribution is -0.0601. The van der Waals surface area contributed by atoms with Crippen LogP contribution in [0, 0.1) is 0 Å². The first-order valence-corrected chi connectivity index (χ1v) is 6.82. The quantitative estimate of drug-likeness (QED) is 0.772. The molecule has 1 aromatic heterocycles. The third kappa shape index (κ3) is 3.01. The predicted molar refractivity (Wildman–Crippen MR) is 76.7 cm³/mol. The average molecular weight is 279 g/mol. The van der Waals surface area contributed by atoms with Crippen molar-refractivity contribution < 1.29 is 14.3 Å². The third-order valence-corrected chi connectivity index (χ3v) is 3.68. The Labute approximate surface area is 118 Å². The van der Waals surface area contributed by atoms with Crippen LogP contribution in [0.2, 0.25) is 0 Å². The first kappa shape index (κ1) is 14.6. The van der Waals surface area contributed by atoms with E-state index >= 15 is 0 Å². The number of anilines is 2. The molecule has 0 aliphatic heterocycles. The van der Waals surface area contributed by atoms with Gasteiger partial charge in [0.25, 0.3) is 0 Å². The van der Waals surface area contributed by atoms with Gasteiger partial charge in [-0.2, -0.15) is 0 Å². The van der Waals surface area contributed by atoms with Gasteiger partial charge in [0.15, 0.2) is 0 Å². The van der Waals surface area contributed by atoms with Crippen molar-refractivity contribution in [2.75, 3.05) is 31.3 Å². The van der Waals surface area contributed by atoms with E-state index in [2.05, 4.69) is 10.3 Å². The lowest BCUT2D eigenvalue weighted by Crippen LogP contribution is -2.45. The van der Waals surface area contributed by atoms with E-state index in [9.17, 15) is 4.79 Å². The smallest absolute Gasteiger partial charge is 0.341 e. The molecule has 20 heavy (non-hydrogen) atoms. The monoisotopic (exact) mass is 279 g/mol. The molecule has 0 aromatic carbocycles. The molecule has 0 spiro atoms. The van der Waals surface area contributed by atoms with Crippen LogP contribution in [-0.2, 0) is 9.47 Å². The largest absolute Gasteiger partial charge is 0.462 e. The molecule has 110 valence electrons. The normalized spacial score (nSPS) is 16.3. The number of hydrogen-bond acceptors (Lipinski definition) is 6. The maximum absolute atomic E-state index is 11.9. The standard InChI is InChI=1S/C14H21N3O3/c1-3-20-13(18)11-7-10(15)8-16-12(11)17-9-14(19-2)5-4-6-14/h7-8H,3-6,9,15H2,1-2H3,(H,16,17). The maximum atomic E-state index is 11.9. The Hall–Kier alpha value is -1.82. The molecular formula is C14H21N3O3. The van der Waals surface area contributed by atoms with Crippen molar-refractivity contribution >= 4 is 17.5 Å². The number of aromatic nitrogens is 1. The number of carbonyl (C=O) groups is 1. The van der Waals surface area contributed by atoms with E-state index in [1.807, 2.05) is 0 Å². The Morgan fingerprint density at radius 2 is 2.30 bits per heavy atom. The maximum Gasteiger partial charge on any atom is 0.341 e. The van der Waals surface area contributed by atoms with E-state index in [4.69, 9.17) is 15.2 Å². The van der Waals surface area contributed by atoms with Crippen molar-refractivity contribution in [3.8, 4) is 0 Å². The van der Waals surface area contributed by atoms with Crippen LogP contribution in [0.15, 0.2) is 12.3 Å². The Kier molecular flexibility index (Phi) is 4.44. The third-order valence-electron chi connectivity index (χ3n) is 3.68. The van der Waals surface area contributed by atoms with Gasteiger partial charge in [0.05, 0.1) is 24.1 Å². The second-order valence-electron chi connectivity index (χ2n) is 4.98. The molecule has 0 radical (unpaired) electrons. The Balaban J connectivity index is 2.12. The molecule has 0 saturated heterocycles. The summed E-state index contributed by atoms with van der Waals surface area (Å²) in [4.78, 5) is 16.1. The lowest BCUT2D eigenvalue weighted by atomic mass is 9.80. The topological polar surface area (TPSA) is 86.5 Å². The number of pyridine rings is 1. The summed E-state index contributed by atoms with van der Waals surface area (Å²) in [6.45, 7) is 2.70. The summed E-state index contributed by atoms with van der Waals surface area (Å²) in [6.07, 6.45) is 4.71. The van der Waals surface area contributed by atoms with Gasteiger partial charge in [0.1, 0.15) is 11.4 Å². The Bertz CT molecular complexity index is 481. The van der Waals surface area contributed by atoms with Crippen molar-refractivity contribution in [3.63, 3.8) is 0 Å². The number of ether oxygens (including phenoxy) is 2. The van der Waals surface area contributed by atoms with Crippen LogP contribution in [0.3, 0.4) is 0 Å². The molecule has 1 aromatic rings. The highest BCUT2D eigenvalue weighted by molar-refractivity contribution is 5.95. The molecule has 0 unspecified atom stereocenters. The summed E-state index contributed by atoms with van der Waals surface area (Å²) >= 11 is 0. The first-order chi connectivity index (χ1) is 9.60. The molecule has 1 aliphatic rings. The van der Waals surface area contributed by atoms with Gasteiger partial charge in [-0.05, 0) is 32.3 Å². The highest BCUT2D eigenvalue weighted by atomic mass is 16.5. The lowest BCUT2D eigenvalue weighted by Gasteiger charge is -2.40. The zero-order valence-electron chi connectivity index (χ0n) is 11.9. The van der Waals surface area contributed by atoms with E-state index in [-0.39, 0.29) is 5.60 Å². The van der Waals surface area contributed by atoms with Crippen LogP contribution < -0.4 is 11.1 Å². The first-order valence-electron chi connectivity index (χ1n) is 6.82. The fraction of sp³-hybridized carbons (Fsp3) is 0.571. The molecule has 6 nitrogen and oxygen atoms in total. The number of nitrogens with zero attached hydrogens (tertiary/aromatic N) is 1. The van der Waals surface area contributed by atoms with E-state index in [1.54, 1.807) is 20.1 Å². The number of carbonyl (C=O) groups excluding carboxylic acids is 1. The molecule has 1 fully saturated rings. The fourth-order valence-electron chi connectivity index (χ4n) is 2.26. The van der Waals surface area contributed by atoms with Crippen LogP contribution in [-0.4, -0.2) is 36.8 Å². The summed E-state index contributed by atoms with van der Waals surface area (Å²) in [5, 5.41) is 3.18. The summed E-state index contributed by atoms with van der Waals surface area (Å²) in [7, 11) is 1.71. The van der Waals surface area contributed by atoms with Crippen LogP contribution in [0.5, 0.6) is 0 Å². The predicted octanol–water partition coefficient (Wildman–Crippen LogP) is 1.82. The molecular weight excluding hydrogens is 258 g/mol. The minimum Gasteiger partial charge on any atom is -0.462 e. The second-order valence-corrected chi connectivity index (χ2v) is 4.98. The fourth-order valence-corrected chi connectivity index (χ4v) is 2.26. The van der Waals surface area contributed by atoms with Crippen molar-refractivity contribution in [1.82, 2.24) is 4.98 Å². The van der Waals surface area contributed by atoms with Gasteiger partial charge in [-0.25, -0.2) is 9.78 Å². The van der Waals surface area contributed by atoms with E-state index in [0.29, 0.717) is 30.2 Å². The van der Waals surface area contributed by atoms with E-state index < -0.39 is 5.97 Å². The average Bonchev–Trinajstić information content (AvgIpc) is 2.39. The number of nitrogens with one attached hydrogen (secondary N) is 1. The van der Waals surface area contributed by atoms with Gasteiger partial charge < -0.3 is 20.5 Å². The van der Waals surface area contributed by atoms with Crippen molar-refractivity contribution in [1.29, 1.82) is 0 Å². The zero-order valence-corrected chi connectivity index (χ0v) is 11.9. The minimum atomic E-state index is -0.421. The van der Waals surface area contributed by atoms with Gasteiger partial charge in [-0.15, -0.1) is 0 Å². The van der Waals surface area contributed by atoms with Gasteiger partial charge in [0.2, 0.25) is 0 Å². The minimum absolute atomic E-state index is 0.144. The summed E-state index contributed by atoms with van der Waals surface area (Å²) < 4.78 is 10.6. The Morgan fingerprint density at radius 1 is 1.55 bits per heavy atom. The molecule has 1 heterocycles. The van der Waals surface area contributed by atoms with Crippen molar-refractivity contribution in [2.45, 2.75) is 31.8 Å². The van der Waals surface area contributed by atoms with E-state index in [0.717, 1.165) is 19.3 Å². The van der Waals surface area contributed by atoms with Crippen molar-refractivity contribution in [3.05, 3.63) is 17.8 Å². The SMILES string of the molecule is CCOC(=O)c1cc(N)cnc1NCC1(OC)CCC1. The molecule has 0 atom stereocenters. The zero-order chi connectivity index (χ0) is 14.6. The summed E-state index contributed by atoms with van der Waals surface area (Å²) in [5.74, 6) is 0.0656. The van der Waals surface area contributed by atoms with Gasteiger partial charge in [-0.1, -0.05) is 0 Å². The highest BCUT2D eigenvalue weighted by Crippen LogP contribution is 2.35. The van der Waals surface area contributed by atoms with Crippen LogP contribution in [0.4, 0.5) is 11.5 Å². The summed E-state index contributed by atoms with van der Waals surface area (Å²) in [5.41, 5.74) is 6.33. The highest BCUT2D eigenvalue weighted by Gasteiger charge is 2.37. The van der Waals surface area contributed by atoms with Gasteiger partial charge in [0, 0.05) is 13.7 Å². The van der Waals surface area contributed by atoms with Crippen molar-refractivity contribution in [2.24, 2.45) is 0 Å². The molecule has 3 N–H and O–H groups in total. The van der Waals surface area contributed by atoms with E-state index in [1.165, 1.54) is 6.20 Å². The Morgan fingerprint density at radius 3 is 2.85 bits per heavy atom. The molecule has 1 saturated carbocycles. The van der Waals surface area contributed by atoms with Crippen LogP contribution in [0.1, 0.15) is 36.5 Å².